The van der Waals surface area contributed by atoms with Crippen molar-refractivity contribution in [2.45, 2.75) is 27.2 Å². The highest BCUT2D eigenvalue weighted by Crippen LogP contribution is 2.40. The maximum atomic E-state index is 12.9. The van der Waals surface area contributed by atoms with Crippen LogP contribution in [-0.2, 0) is 9.59 Å². The molecule has 2 amide bonds. The number of aryl methyl sites for hydroxylation is 1. The first kappa shape index (κ1) is 17.5. The molecule has 0 aromatic heterocycles. The molecule has 2 aliphatic rings. The molecule has 3 atom stereocenters. The lowest BCUT2D eigenvalue weighted by atomic mass is 9.78. The maximum absolute atomic E-state index is 12.9. The minimum absolute atomic E-state index is 0.0925. The van der Waals surface area contributed by atoms with Crippen molar-refractivity contribution in [3.8, 4) is 11.5 Å². The van der Waals surface area contributed by atoms with Gasteiger partial charge in [-0.1, -0.05) is 31.2 Å². The highest BCUT2D eigenvalue weighted by molar-refractivity contribution is 6.22. The van der Waals surface area contributed by atoms with Crippen molar-refractivity contribution < 1.29 is 14.3 Å². The third kappa shape index (κ3) is 2.95. The molecule has 2 aromatic carbocycles. The molecule has 1 aliphatic carbocycles. The first-order valence-corrected chi connectivity index (χ1v) is 9.36. The summed E-state index contributed by atoms with van der Waals surface area (Å²) in [5.41, 5.74) is 2.87. The molecule has 2 aromatic rings. The Bertz CT molecular complexity index is 929. The average molecular weight is 361 g/mol. The Morgan fingerprint density at radius 3 is 2.44 bits per heavy atom. The summed E-state index contributed by atoms with van der Waals surface area (Å²) in [5.74, 6) is 0.921. The van der Waals surface area contributed by atoms with E-state index in [0.29, 0.717) is 17.9 Å². The zero-order valence-corrected chi connectivity index (χ0v) is 15.8. The van der Waals surface area contributed by atoms with Gasteiger partial charge < -0.3 is 4.74 Å². The van der Waals surface area contributed by atoms with E-state index >= 15 is 0 Å². The number of anilines is 1. The predicted octanol–water partition coefficient (Wildman–Crippen LogP) is 4.80. The lowest BCUT2D eigenvalue weighted by Gasteiger charge is -2.22. The molecule has 4 nitrogen and oxygen atoms in total. The second kappa shape index (κ2) is 6.69. The number of ether oxygens (including phenoxy) is 1. The molecule has 0 unspecified atom stereocenters. The van der Waals surface area contributed by atoms with Gasteiger partial charge in [-0.3, -0.25) is 14.5 Å². The SMILES string of the molecule is Cc1cccc(Oc2ccc(N3C(=O)[C@@H]4[C@@H](C)C=CC[C@H]4C3=O)cc2)c1C. The normalized spacial score (nSPS) is 24.3. The number of fused-ring (bicyclic) bond motifs is 1. The van der Waals surface area contributed by atoms with Crippen LogP contribution in [0, 0.1) is 31.6 Å². The van der Waals surface area contributed by atoms with Gasteiger partial charge in [0.15, 0.2) is 0 Å². The minimum Gasteiger partial charge on any atom is -0.457 e. The van der Waals surface area contributed by atoms with Gasteiger partial charge in [-0.05, 0) is 67.6 Å². The van der Waals surface area contributed by atoms with Crippen molar-refractivity contribution in [1.29, 1.82) is 0 Å². The largest absolute Gasteiger partial charge is 0.457 e. The van der Waals surface area contributed by atoms with Crippen LogP contribution < -0.4 is 9.64 Å². The summed E-state index contributed by atoms with van der Waals surface area (Å²) < 4.78 is 5.97. The van der Waals surface area contributed by atoms with Crippen LogP contribution in [0.2, 0.25) is 0 Å². The molecule has 4 heteroatoms. The molecule has 0 radical (unpaired) electrons. The molecule has 4 rings (SSSR count). The van der Waals surface area contributed by atoms with Crippen molar-refractivity contribution in [2.75, 3.05) is 4.90 Å². The van der Waals surface area contributed by atoms with Crippen LogP contribution in [0.5, 0.6) is 11.5 Å². The molecule has 1 fully saturated rings. The van der Waals surface area contributed by atoms with Gasteiger partial charge in [0.25, 0.3) is 0 Å². The fraction of sp³-hybridized carbons (Fsp3) is 0.304. The highest BCUT2D eigenvalue weighted by Gasteiger charge is 2.50. The fourth-order valence-corrected chi connectivity index (χ4v) is 4.03. The van der Waals surface area contributed by atoms with Gasteiger partial charge in [-0.2, -0.15) is 0 Å². The van der Waals surface area contributed by atoms with E-state index in [9.17, 15) is 9.59 Å². The number of carbonyl (C=O) groups is 2. The summed E-state index contributed by atoms with van der Waals surface area (Å²) >= 11 is 0. The smallest absolute Gasteiger partial charge is 0.238 e. The maximum Gasteiger partial charge on any atom is 0.238 e. The standard InChI is InChI=1S/C23H23NO3/c1-14-6-5-9-20(16(14)3)27-18-12-10-17(11-13-18)24-22(25)19-8-4-7-15(2)21(19)23(24)26/h4-7,9-13,15,19,21H,8H2,1-3H3/t15-,19+,21+/m0/s1. The predicted molar refractivity (Wildman–Crippen MR) is 105 cm³/mol. The second-order valence-electron chi connectivity index (χ2n) is 7.46. The Balaban J connectivity index is 1.57. The monoisotopic (exact) mass is 361 g/mol. The van der Waals surface area contributed by atoms with Crippen LogP contribution in [-0.4, -0.2) is 11.8 Å². The summed E-state index contributed by atoms with van der Waals surface area (Å²) in [6, 6.07) is 13.1. The topological polar surface area (TPSA) is 46.6 Å². The summed E-state index contributed by atoms with van der Waals surface area (Å²) in [4.78, 5) is 27.0. The van der Waals surface area contributed by atoms with E-state index in [-0.39, 0.29) is 29.6 Å². The Morgan fingerprint density at radius 1 is 1.00 bits per heavy atom. The fourth-order valence-electron chi connectivity index (χ4n) is 4.03. The van der Waals surface area contributed by atoms with Gasteiger partial charge in [-0.15, -0.1) is 0 Å². The molecule has 0 bridgehead atoms. The Labute approximate surface area is 159 Å². The average Bonchev–Trinajstić information content (AvgIpc) is 2.92. The van der Waals surface area contributed by atoms with Crippen LogP contribution in [0.15, 0.2) is 54.6 Å². The molecular weight excluding hydrogens is 338 g/mol. The Kier molecular flexibility index (Phi) is 4.34. The molecule has 138 valence electrons. The van der Waals surface area contributed by atoms with Crippen molar-refractivity contribution in [1.82, 2.24) is 0 Å². The van der Waals surface area contributed by atoms with E-state index in [4.69, 9.17) is 4.74 Å². The molecule has 1 aliphatic heterocycles. The summed E-state index contributed by atoms with van der Waals surface area (Å²) in [6.07, 6.45) is 4.70. The number of rotatable bonds is 3. The molecule has 0 N–H and O–H groups in total. The van der Waals surface area contributed by atoms with Gasteiger partial charge in [0, 0.05) is 0 Å². The Hall–Kier alpha value is -2.88. The minimum atomic E-state index is -0.242. The van der Waals surface area contributed by atoms with Gasteiger partial charge in [-0.25, -0.2) is 0 Å². The van der Waals surface area contributed by atoms with Gasteiger partial charge >= 0.3 is 0 Å². The summed E-state index contributed by atoms with van der Waals surface area (Å²) in [7, 11) is 0. The third-order valence-corrected chi connectivity index (χ3v) is 5.75. The second-order valence-corrected chi connectivity index (χ2v) is 7.46. The van der Waals surface area contributed by atoms with Crippen molar-refractivity contribution in [3.63, 3.8) is 0 Å². The zero-order chi connectivity index (χ0) is 19.1. The van der Waals surface area contributed by atoms with Gasteiger partial charge in [0.05, 0.1) is 17.5 Å². The van der Waals surface area contributed by atoms with E-state index in [2.05, 4.69) is 0 Å². The van der Waals surface area contributed by atoms with Crippen LogP contribution in [0.3, 0.4) is 0 Å². The Morgan fingerprint density at radius 2 is 1.74 bits per heavy atom. The first-order valence-electron chi connectivity index (χ1n) is 9.36. The lowest BCUT2D eigenvalue weighted by Crippen LogP contribution is -2.31. The number of hydrogen-bond donors (Lipinski definition) is 0. The van der Waals surface area contributed by atoms with Crippen molar-refractivity contribution in [3.05, 3.63) is 65.7 Å². The van der Waals surface area contributed by atoms with E-state index in [1.807, 2.05) is 51.1 Å². The number of benzene rings is 2. The van der Waals surface area contributed by atoms with Crippen molar-refractivity contribution >= 4 is 17.5 Å². The van der Waals surface area contributed by atoms with Crippen LogP contribution in [0.4, 0.5) is 5.69 Å². The van der Waals surface area contributed by atoms with Crippen molar-refractivity contribution in [2.24, 2.45) is 17.8 Å². The molecule has 0 spiro atoms. The number of hydrogen-bond acceptors (Lipinski definition) is 3. The molecule has 1 saturated heterocycles. The molecule has 27 heavy (non-hydrogen) atoms. The summed E-state index contributed by atoms with van der Waals surface area (Å²) in [5, 5.41) is 0. The first-order chi connectivity index (χ1) is 13.0. The van der Waals surface area contributed by atoms with Crippen LogP contribution in [0.1, 0.15) is 24.5 Å². The van der Waals surface area contributed by atoms with E-state index in [1.54, 1.807) is 24.3 Å². The van der Waals surface area contributed by atoms with Crippen LogP contribution in [0.25, 0.3) is 0 Å². The zero-order valence-electron chi connectivity index (χ0n) is 15.8. The summed E-state index contributed by atoms with van der Waals surface area (Å²) in [6.45, 7) is 6.08. The number of imide groups is 1. The van der Waals surface area contributed by atoms with Gasteiger partial charge in [0.1, 0.15) is 11.5 Å². The van der Waals surface area contributed by atoms with E-state index < -0.39 is 0 Å². The van der Waals surface area contributed by atoms with E-state index in [0.717, 1.165) is 11.3 Å². The molecule has 0 saturated carbocycles. The third-order valence-electron chi connectivity index (χ3n) is 5.75. The van der Waals surface area contributed by atoms with Crippen LogP contribution >= 0.6 is 0 Å². The number of amides is 2. The number of nitrogens with zero attached hydrogens (tertiary/aromatic N) is 1. The molecular formula is C23H23NO3. The highest BCUT2D eigenvalue weighted by atomic mass is 16.5. The quantitative estimate of drug-likeness (QED) is 0.583. The van der Waals surface area contributed by atoms with Gasteiger partial charge in [0.2, 0.25) is 11.8 Å². The van der Waals surface area contributed by atoms with E-state index in [1.165, 1.54) is 10.5 Å². The lowest BCUT2D eigenvalue weighted by molar-refractivity contribution is -0.122. The number of carbonyl (C=O) groups excluding carboxylic acids is 2. The number of allylic oxidation sites excluding steroid dienone is 2. The molecule has 1 heterocycles.